The Kier molecular flexibility index (Phi) is 5.92. The van der Waals surface area contributed by atoms with Crippen LogP contribution in [0.15, 0.2) is 40.6 Å². The van der Waals surface area contributed by atoms with Crippen LogP contribution in [0.4, 0.5) is 23.0 Å². The number of hydrogen-bond acceptors (Lipinski definition) is 10. The van der Waals surface area contributed by atoms with Crippen LogP contribution in [-0.2, 0) is 9.84 Å². The highest BCUT2D eigenvalue weighted by Crippen LogP contribution is 2.34. The predicted molar refractivity (Wildman–Crippen MR) is 142 cm³/mol. The van der Waals surface area contributed by atoms with E-state index in [-0.39, 0.29) is 4.90 Å². The molecule has 0 radical (unpaired) electrons. The predicted octanol–water partition coefficient (Wildman–Crippen LogP) is 5.00. The lowest BCUT2D eigenvalue weighted by Crippen LogP contribution is -2.05. The summed E-state index contributed by atoms with van der Waals surface area (Å²) >= 11 is 1.47. The number of aryl methyl sites for hydroxylation is 4. The number of sulfone groups is 1. The molecule has 1 aromatic carbocycles. The van der Waals surface area contributed by atoms with Gasteiger partial charge in [-0.2, -0.15) is 0 Å². The maximum absolute atomic E-state index is 12.8. The molecular formula is C24H24N8O2S2. The molecule has 0 aliphatic rings. The molecule has 4 heterocycles. The lowest BCUT2D eigenvalue weighted by atomic mass is 10.2. The Morgan fingerprint density at radius 2 is 1.61 bits per heavy atom. The molecule has 12 heteroatoms. The van der Waals surface area contributed by atoms with Crippen molar-refractivity contribution in [3.05, 3.63) is 58.7 Å². The van der Waals surface area contributed by atoms with Crippen LogP contribution in [0, 0.1) is 27.7 Å². The number of benzene rings is 1. The average molecular weight is 521 g/mol. The van der Waals surface area contributed by atoms with Gasteiger partial charge in [0.2, 0.25) is 0 Å². The molecule has 5 aromatic rings. The number of hydrogen-bond donors (Lipinski definition) is 3. The third-order valence-corrected chi connectivity index (χ3v) is 7.46. The Hall–Kier alpha value is -3.90. The minimum absolute atomic E-state index is 0.168. The van der Waals surface area contributed by atoms with Crippen molar-refractivity contribution < 1.29 is 8.42 Å². The molecule has 0 atom stereocenters. The van der Waals surface area contributed by atoms with Gasteiger partial charge in [-0.25, -0.2) is 33.3 Å². The SMILES string of the molecule is Cc1cc(Nc2cc(Nc3ccc(-c4nc(C)cs4)cc3S(C)(=O)=O)c3nc(C)[nH]c3n2)nc(C)n1. The van der Waals surface area contributed by atoms with Gasteiger partial charge in [0.1, 0.15) is 33.8 Å². The molecule has 0 bridgehead atoms. The van der Waals surface area contributed by atoms with Gasteiger partial charge in [-0.15, -0.1) is 11.3 Å². The lowest BCUT2D eigenvalue weighted by molar-refractivity contribution is 0.602. The number of H-pyrrole nitrogens is 1. The molecule has 4 aromatic heterocycles. The van der Waals surface area contributed by atoms with Gasteiger partial charge in [0.25, 0.3) is 0 Å². The van der Waals surface area contributed by atoms with Crippen molar-refractivity contribution in [2.24, 2.45) is 0 Å². The van der Waals surface area contributed by atoms with Crippen LogP contribution in [0.1, 0.15) is 23.0 Å². The monoisotopic (exact) mass is 520 g/mol. The minimum Gasteiger partial charge on any atom is -0.352 e. The Labute approximate surface area is 212 Å². The van der Waals surface area contributed by atoms with E-state index in [0.717, 1.165) is 22.0 Å². The van der Waals surface area contributed by atoms with Gasteiger partial charge in [-0.1, -0.05) is 0 Å². The van der Waals surface area contributed by atoms with E-state index in [2.05, 4.69) is 40.5 Å². The number of thiazole rings is 1. The molecule has 0 aliphatic carbocycles. The van der Waals surface area contributed by atoms with Gasteiger partial charge >= 0.3 is 0 Å². The Morgan fingerprint density at radius 1 is 0.833 bits per heavy atom. The van der Waals surface area contributed by atoms with E-state index in [4.69, 9.17) is 0 Å². The molecule has 0 unspecified atom stereocenters. The second kappa shape index (κ2) is 8.95. The quantitative estimate of drug-likeness (QED) is 0.282. The highest BCUT2D eigenvalue weighted by molar-refractivity contribution is 7.90. The molecule has 0 saturated carbocycles. The van der Waals surface area contributed by atoms with E-state index in [1.54, 1.807) is 18.2 Å². The third-order valence-electron chi connectivity index (χ3n) is 5.31. The van der Waals surface area contributed by atoms with Crippen molar-refractivity contribution in [1.82, 2.24) is 29.9 Å². The molecular weight excluding hydrogens is 496 g/mol. The van der Waals surface area contributed by atoms with Crippen LogP contribution in [-0.4, -0.2) is 44.6 Å². The van der Waals surface area contributed by atoms with E-state index in [9.17, 15) is 8.42 Å². The summed E-state index contributed by atoms with van der Waals surface area (Å²) in [6.07, 6.45) is 1.19. The van der Waals surface area contributed by atoms with Crippen molar-refractivity contribution in [2.45, 2.75) is 32.6 Å². The highest BCUT2D eigenvalue weighted by atomic mass is 32.2. The van der Waals surface area contributed by atoms with Crippen LogP contribution in [0.3, 0.4) is 0 Å². The summed E-state index contributed by atoms with van der Waals surface area (Å²) in [5, 5.41) is 9.19. The zero-order valence-electron chi connectivity index (χ0n) is 20.3. The first-order chi connectivity index (χ1) is 17.0. The zero-order valence-corrected chi connectivity index (χ0v) is 22.0. The van der Waals surface area contributed by atoms with Crippen LogP contribution in [0.25, 0.3) is 21.7 Å². The van der Waals surface area contributed by atoms with Gasteiger partial charge < -0.3 is 15.6 Å². The van der Waals surface area contributed by atoms with Crippen molar-refractivity contribution in [2.75, 3.05) is 16.9 Å². The summed E-state index contributed by atoms with van der Waals surface area (Å²) < 4.78 is 25.5. The topological polar surface area (TPSA) is 138 Å². The molecule has 0 amide bonds. The maximum Gasteiger partial charge on any atom is 0.177 e. The standard InChI is InChI=1S/C24H24N8O2S2/c1-12-8-20(27-14(3)25-12)31-21-10-18(22-23(32-21)29-15(4)28-22)30-17-7-6-16(9-19(17)36(5,33)34)24-26-13(2)11-35-24/h6-11H,1-5H3,(H3,25,27,28,29,30,31,32). The third kappa shape index (κ3) is 4.90. The van der Waals surface area contributed by atoms with Crippen LogP contribution in [0.5, 0.6) is 0 Å². The van der Waals surface area contributed by atoms with Crippen LogP contribution in [0.2, 0.25) is 0 Å². The number of pyridine rings is 1. The van der Waals surface area contributed by atoms with Crippen LogP contribution < -0.4 is 10.6 Å². The smallest absolute Gasteiger partial charge is 0.177 e. The fourth-order valence-corrected chi connectivity index (χ4v) is 5.53. The van der Waals surface area contributed by atoms with Crippen molar-refractivity contribution in [3.8, 4) is 10.6 Å². The van der Waals surface area contributed by atoms with Gasteiger partial charge in [0.15, 0.2) is 15.5 Å². The molecule has 184 valence electrons. The fraction of sp³-hybridized carbons (Fsp3) is 0.208. The van der Waals surface area contributed by atoms with Crippen molar-refractivity contribution in [3.63, 3.8) is 0 Å². The van der Waals surface area contributed by atoms with E-state index in [1.807, 2.05) is 45.2 Å². The number of aromatic nitrogens is 6. The summed E-state index contributed by atoms with van der Waals surface area (Å²) in [7, 11) is -3.56. The molecule has 10 nitrogen and oxygen atoms in total. The molecule has 0 spiro atoms. The van der Waals surface area contributed by atoms with E-state index >= 15 is 0 Å². The number of fused-ring (bicyclic) bond motifs is 1. The number of nitrogens with zero attached hydrogens (tertiary/aromatic N) is 5. The van der Waals surface area contributed by atoms with E-state index < -0.39 is 9.84 Å². The average Bonchev–Trinajstić information content (AvgIpc) is 3.37. The number of anilines is 4. The highest BCUT2D eigenvalue weighted by Gasteiger charge is 2.19. The Balaban J connectivity index is 1.59. The summed E-state index contributed by atoms with van der Waals surface area (Å²) in [5.41, 5.74) is 4.63. The number of aromatic amines is 1. The summed E-state index contributed by atoms with van der Waals surface area (Å²) in [4.78, 5) is 25.7. The van der Waals surface area contributed by atoms with Crippen molar-refractivity contribution in [1.29, 1.82) is 0 Å². The molecule has 0 aliphatic heterocycles. The van der Waals surface area contributed by atoms with Gasteiger partial charge in [-0.05, 0) is 45.9 Å². The number of rotatable bonds is 6. The first-order valence-electron chi connectivity index (χ1n) is 11.1. The second-order valence-electron chi connectivity index (χ2n) is 8.54. The van der Waals surface area contributed by atoms with Gasteiger partial charge in [0.05, 0.1) is 16.3 Å². The molecule has 5 rings (SSSR count). The van der Waals surface area contributed by atoms with Gasteiger partial charge in [-0.3, -0.25) is 0 Å². The number of imidazole rings is 1. The molecule has 3 N–H and O–H groups in total. The first-order valence-corrected chi connectivity index (χ1v) is 13.8. The minimum atomic E-state index is -3.56. The molecule has 36 heavy (non-hydrogen) atoms. The van der Waals surface area contributed by atoms with E-state index in [1.165, 1.54) is 17.6 Å². The fourth-order valence-electron chi connectivity index (χ4n) is 3.87. The van der Waals surface area contributed by atoms with Gasteiger partial charge in [0, 0.05) is 40.7 Å². The largest absolute Gasteiger partial charge is 0.352 e. The summed E-state index contributed by atoms with van der Waals surface area (Å²) in [6.45, 7) is 7.46. The first kappa shape index (κ1) is 23.8. The number of nitrogens with one attached hydrogen (secondary N) is 3. The Bertz CT molecular complexity index is 1700. The summed E-state index contributed by atoms with van der Waals surface area (Å²) in [5.74, 6) is 2.45. The molecule has 0 saturated heterocycles. The molecule has 0 fully saturated rings. The zero-order chi connectivity index (χ0) is 25.6. The Morgan fingerprint density at radius 3 is 2.31 bits per heavy atom. The summed E-state index contributed by atoms with van der Waals surface area (Å²) in [6, 6.07) is 8.85. The normalized spacial score (nSPS) is 11.7. The van der Waals surface area contributed by atoms with Crippen molar-refractivity contribution >= 4 is 55.3 Å². The second-order valence-corrected chi connectivity index (χ2v) is 11.4. The lowest BCUT2D eigenvalue weighted by Gasteiger charge is -2.14. The maximum atomic E-state index is 12.8. The van der Waals surface area contributed by atoms with Crippen LogP contribution >= 0.6 is 11.3 Å². The van der Waals surface area contributed by atoms with E-state index in [0.29, 0.717) is 45.8 Å².